The molecule has 1 N–H and O–H groups in total. The molecule has 0 atom stereocenters. The topological polar surface area (TPSA) is 40.5 Å². The Balaban J connectivity index is 2.22. The molecule has 2 aromatic rings. The van der Waals surface area contributed by atoms with Gasteiger partial charge in [-0.3, -0.25) is 0 Å². The van der Waals surface area contributed by atoms with Crippen molar-refractivity contribution >= 4 is 11.7 Å². The smallest absolute Gasteiger partial charge is 0.335 e. The summed E-state index contributed by atoms with van der Waals surface area (Å²) in [6.45, 7) is 5.08. The lowest BCUT2D eigenvalue weighted by molar-refractivity contribution is 0.0697. The second-order valence-corrected chi connectivity index (χ2v) is 5.06. The highest BCUT2D eigenvalue weighted by Gasteiger charge is 2.12. The van der Waals surface area contributed by atoms with Gasteiger partial charge in [0, 0.05) is 18.3 Å². The number of carboxylic acids is 1. The van der Waals surface area contributed by atoms with Crippen LogP contribution in [0.1, 0.15) is 29.8 Å². The fourth-order valence-corrected chi connectivity index (χ4v) is 2.15. The van der Waals surface area contributed by atoms with Crippen LogP contribution in [-0.4, -0.2) is 17.1 Å². The Morgan fingerprint density at radius 3 is 2.15 bits per heavy atom. The van der Waals surface area contributed by atoms with Gasteiger partial charge in [-0.15, -0.1) is 0 Å². The van der Waals surface area contributed by atoms with Gasteiger partial charge in [0.1, 0.15) is 0 Å². The van der Waals surface area contributed by atoms with E-state index in [4.69, 9.17) is 5.11 Å². The minimum absolute atomic E-state index is 0.317. The van der Waals surface area contributed by atoms with E-state index in [0.29, 0.717) is 11.6 Å². The van der Waals surface area contributed by atoms with Gasteiger partial charge in [0.2, 0.25) is 0 Å². The summed E-state index contributed by atoms with van der Waals surface area (Å²) >= 11 is 0. The number of hydrogen-bond acceptors (Lipinski definition) is 2. The average Bonchev–Trinajstić information content (AvgIpc) is 2.45. The van der Waals surface area contributed by atoms with Crippen LogP contribution in [0.25, 0.3) is 0 Å². The molecule has 20 heavy (non-hydrogen) atoms. The molecule has 0 amide bonds. The van der Waals surface area contributed by atoms with Gasteiger partial charge in [-0.05, 0) is 43.7 Å². The first-order valence-corrected chi connectivity index (χ1v) is 6.72. The number of nitrogens with zero attached hydrogens (tertiary/aromatic N) is 1. The lowest BCUT2D eigenvalue weighted by Crippen LogP contribution is -2.30. The highest BCUT2D eigenvalue weighted by Crippen LogP contribution is 2.20. The standard InChI is InChI=1S/C17H19NO2/c1-13(2)18(12-14-6-4-3-5-7-14)16-10-8-15(9-11-16)17(19)20/h3-11,13H,12H2,1-2H3,(H,19,20). The van der Waals surface area contributed by atoms with Gasteiger partial charge >= 0.3 is 5.97 Å². The molecule has 0 heterocycles. The van der Waals surface area contributed by atoms with Crippen LogP contribution in [0.4, 0.5) is 5.69 Å². The summed E-state index contributed by atoms with van der Waals surface area (Å²) in [4.78, 5) is 13.1. The van der Waals surface area contributed by atoms with E-state index in [1.807, 2.05) is 30.3 Å². The number of carbonyl (C=O) groups is 1. The van der Waals surface area contributed by atoms with Crippen molar-refractivity contribution in [2.45, 2.75) is 26.4 Å². The second-order valence-electron chi connectivity index (χ2n) is 5.06. The van der Waals surface area contributed by atoms with Crippen LogP contribution in [-0.2, 0) is 6.54 Å². The van der Waals surface area contributed by atoms with Gasteiger partial charge in [-0.1, -0.05) is 30.3 Å². The van der Waals surface area contributed by atoms with Crippen LogP contribution < -0.4 is 4.90 Å². The number of benzene rings is 2. The molecule has 2 aromatic carbocycles. The summed E-state index contributed by atoms with van der Waals surface area (Å²) in [6, 6.07) is 17.6. The number of anilines is 1. The molecule has 2 rings (SSSR count). The Labute approximate surface area is 119 Å². The quantitative estimate of drug-likeness (QED) is 0.897. The van der Waals surface area contributed by atoms with Crippen LogP contribution in [0.15, 0.2) is 54.6 Å². The monoisotopic (exact) mass is 269 g/mol. The minimum atomic E-state index is -0.893. The predicted octanol–water partition coefficient (Wildman–Crippen LogP) is 3.80. The van der Waals surface area contributed by atoms with Gasteiger partial charge in [-0.25, -0.2) is 4.79 Å². The van der Waals surface area contributed by atoms with E-state index in [1.54, 1.807) is 12.1 Å². The Kier molecular flexibility index (Phi) is 4.41. The number of rotatable bonds is 5. The third kappa shape index (κ3) is 3.38. The first-order valence-electron chi connectivity index (χ1n) is 6.72. The molecule has 0 aliphatic heterocycles. The summed E-state index contributed by atoms with van der Waals surface area (Å²) in [7, 11) is 0. The van der Waals surface area contributed by atoms with E-state index < -0.39 is 5.97 Å². The second kappa shape index (κ2) is 6.24. The zero-order chi connectivity index (χ0) is 14.5. The first-order chi connectivity index (χ1) is 9.58. The number of hydrogen-bond donors (Lipinski definition) is 1. The lowest BCUT2D eigenvalue weighted by Gasteiger charge is -2.29. The van der Waals surface area contributed by atoms with E-state index >= 15 is 0 Å². The van der Waals surface area contributed by atoms with Crippen LogP contribution in [0.5, 0.6) is 0 Å². The molecule has 3 nitrogen and oxygen atoms in total. The van der Waals surface area contributed by atoms with Crippen molar-refractivity contribution < 1.29 is 9.90 Å². The van der Waals surface area contributed by atoms with Gasteiger partial charge in [-0.2, -0.15) is 0 Å². The van der Waals surface area contributed by atoms with Crippen molar-refractivity contribution in [3.05, 3.63) is 65.7 Å². The summed E-state index contributed by atoms with van der Waals surface area (Å²) in [5, 5.41) is 8.95. The van der Waals surface area contributed by atoms with Gasteiger partial charge in [0.25, 0.3) is 0 Å². The molecule has 0 fully saturated rings. The first kappa shape index (κ1) is 14.1. The highest BCUT2D eigenvalue weighted by atomic mass is 16.4. The fraction of sp³-hybridized carbons (Fsp3) is 0.235. The largest absolute Gasteiger partial charge is 0.478 e. The zero-order valence-electron chi connectivity index (χ0n) is 11.8. The van der Waals surface area contributed by atoms with Crippen molar-refractivity contribution in [1.29, 1.82) is 0 Å². The summed E-state index contributed by atoms with van der Waals surface area (Å²) in [5.41, 5.74) is 2.59. The molecule has 0 aromatic heterocycles. The molecule has 104 valence electrons. The van der Waals surface area contributed by atoms with E-state index in [1.165, 1.54) is 5.56 Å². The van der Waals surface area contributed by atoms with Crippen molar-refractivity contribution in [1.82, 2.24) is 0 Å². The van der Waals surface area contributed by atoms with Crippen molar-refractivity contribution in [3.63, 3.8) is 0 Å². The minimum Gasteiger partial charge on any atom is -0.478 e. The number of aromatic carboxylic acids is 1. The fourth-order valence-electron chi connectivity index (χ4n) is 2.15. The molecule has 0 saturated carbocycles. The summed E-state index contributed by atoms with van der Waals surface area (Å²) in [6.07, 6.45) is 0. The maximum atomic E-state index is 10.9. The van der Waals surface area contributed by atoms with E-state index in [0.717, 1.165) is 12.2 Å². The lowest BCUT2D eigenvalue weighted by atomic mass is 10.1. The molecule has 0 aliphatic carbocycles. The molecule has 0 radical (unpaired) electrons. The normalized spacial score (nSPS) is 10.6. The van der Waals surface area contributed by atoms with Crippen LogP contribution in [0.2, 0.25) is 0 Å². The Hall–Kier alpha value is -2.29. The molecule has 0 spiro atoms. The van der Waals surface area contributed by atoms with Crippen molar-refractivity contribution in [2.75, 3.05) is 4.90 Å². The van der Waals surface area contributed by atoms with Gasteiger partial charge < -0.3 is 10.0 Å². The van der Waals surface area contributed by atoms with Crippen molar-refractivity contribution in [3.8, 4) is 0 Å². The predicted molar refractivity (Wildman–Crippen MR) is 81.2 cm³/mol. The van der Waals surface area contributed by atoms with Crippen LogP contribution in [0, 0.1) is 0 Å². The molecule has 0 unspecified atom stereocenters. The van der Waals surface area contributed by atoms with Gasteiger partial charge in [0.05, 0.1) is 5.56 Å². The van der Waals surface area contributed by atoms with E-state index in [9.17, 15) is 4.79 Å². The Morgan fingerprint density at radius 1 is 1.05 bits per heavy atom. The molecule has 3 heteroatoms. The molecular weight excluding hydrogens is 250 g/mol. The SMILES string of the molecule is CC(C)N(Cc1ccccc1)c1ccc(C(=O)O)cc1. The van der Waals surface area contributed by atoms with Crippen LogP contribution in [0.3, 0.4) is 0 Å². The van der Waals surface area contributed by atoms with Gasteiger partial charge in [0.15, 0.2) is 0 Å². The van der Waals surface area contributed by atoms with Crippen molar-refractivity contribution in [2.24, 2.45) is 0 Å². The van der Waals surface area contributed by atoms with E-state index in [2.05, 4.69) is 30.9 Å². The third-order valence-electron chi connectivity index (χ3n) is 3.26. The molecule has 0 saturated heterocycles. The van der Waals surface area contributed by atoms with Crippen LogP contribution >= 0.6 is 0 Å². The average molecular weight is 269 g/mol. The summed E-state index contributed by atoms with van der Waals surface area (Å²) in [5.74, 6) is -0.893. The zero-order valence-corrected chi connectivity index (χ0v) is 11.8. The maximum Gasteiger partial charge on any atom is 0.335 e. The molecule has 0 aliphatic rings. The number of carboxylic acid groups (broad SMARTS) is 1. The highest BCUT2D eigenvalue weighted by molar-refractivity contribution is 5.88. The molecular formula is C17H19NO2. The molecule has 0 bridgehead atoms. The van der Waals surface area contributed by atoms with E-state index in [-0.39, 0.29) is 0 Å². The Morgan fingerprint density at radius 2 is 1.65 bits per heavy atom. The maximum absolute atomic E-state index is 10.9. The Bertz CT molecular complexity index is 561. The summed E-state index contributed by atoms with van der Waals surface area (Å²) < 4.78 is 0. The third-order valence-corrected chi connectivity index (χ3v) is 3.26.